The first-order chi connectivity index (χ1) is 18.1. The third kappa shape index (κ3) is 6.20. The molecular formula is C25H20ClF4N5O3. The van der Waals surface area contributed by atoms with Crippen molar-refractivity contribution in [1.29, 1.82) is 0 Å². The second kappa shape index (κ2) is 11.1. The Hall–Kier alpha value is -4.19. The summed E-state index contributed by atoms with van der Waals surface area (Å²) in [6.07, 6.45) is -7.38. The molecule has 0 saturated carbocycles. The van der Waals surface area contributed by atoms with Gasteiger partial charge in [0.15, 0.2) is 0 Å². The van der Waals surface area contributed by atoms with Crippen molar-refractivity contribution in [3.63, 3.8) is 0 Å². The van der Waals surface area contributed by atoms with Gasteiger partial charge in [0.1, 0.15) is 11.3 Å². The molecule has 198 valence electrons. The molecule has 0 bridgehead atoms. The van der Waals surface area contributed by atoms with Crippen molar-refractivity contribution in [2.45, 2.75) is 31.4 Å². The summed E-state index contributed by atoms with van der Waals surface area (Å²) >= 11 is 6.05. The number of hydrogen-bond donors (Lipinski definition) is 2. The molecule has 2 N–H and O–H groups in total. The van der Waals surface area contributed by atoms with Gasteiger partial charge < -0.3 is 14.5 Å². The molecule has 0 aliphatic carbocycles. The molecule has 0 fully saturated rings. The molecule has 8 nitrogen and oxygen atoms in total. The van der Waals surface area contributed by atoms with Crippen molar-refractivity contribution in [3.8, 4) is 5.75 Å². The smallest absolute Gasteiger partial charge is 0.428 e. The number of halogens is 5. The zero-order valence-corrected chi connectivity index (χ0v) is 20.4. The standard InChI is InChI=1S/C25H20ClF4N5O3/c1-15-34-35-23(37-15)32-22(36)33-24(13-16-6-3-2-4-7-16,20-11-10-18(26)14-31-20)17-8-5-9-19(12-17)38-25(29,30)21(27)28/h2-12,14,21H,13H2,1H3,(H2,32,33,35,36). The van der Waals surface area contributed by atoms with Crippen molar-refractivity contribution in [3.05, 3.63) is 101 Å². The van der Waals surface area contributed by atoms with Gasteiger partial charge in [-0.1, -0.05) is 59.2 Å². The molecule has 13 heteroatoms. The highest BCUT2D eigenvalue weighted by Crippen LogP contribution is 2.36. The first-order valence-electron chi connectivity index (χ1n) is 11.1. The highest BCUT2D eigenvalue weighted by Gasteiger charge is 2.44. The predicted molar refractivity (Wildman–Crippen MR) is 129 cm³/mol. The molecule has 1 unspecified atom stereocenters. The topological polar surface area (TPSA) is 102 Å². The van der Waals surface area contributed by atoms with Gasteiger partial charge in [-0.25, -0.2) is 4.79 Å². The number of anilines is 1. The Morgan fingerprint density at radius 1 is 1.08 bits per heavy atom. The van der Waals surface area contributed by atoms with E-state index in [0.29, 0.717) is 5.02 Å². The molecular weight excluding hydrogens is 530 g/mol. The Bertz CT molecular complexity index is 1390. The van der Waals surface area contributed by atoms with E-state index in [1.54, 1.807) is 36.4 Å². The third-order valence-electron chi connectivity index (χ3n) is 5.38. The van der Waals surface area contributed by atoms with Gasteiger partial charge >= 0.3 is 24.6 Å². The van der Waals surface area contributed by atoms with Crippen LogP contribution >= 0.6 is 11.6 Å². The van der Waals surface area contributed by atoms with E-state index in [0.717, 1.165) is 17.7 Å². The van der Waals surface area contributed by atoms with Crippen LogP contribution in [0.3, 0.4) is 0 Å². The van der Waals surface area contributed by atoms with E-state index in [1.165, 1.54) is 31.3 Å². The van der Waals surface area contributed by atoms with Gasteiger partial charge in [-0.2, -0.15) is 17.6 Å². The number of nitrogens with zero attached hydrogens (tertiary/aromatic N) is 3. The molecule has 38 heavy (non-hydrogen) atoms. The van der Waals surface area contributed by atoms with Crippen LogP contribution in [0.15, 0.2) is 77.3 Å². The van der Waals surface area contributed by atoms with Crippen molar-refractivity contribution < 1.29 is 31.5 Å². The van der Waals surface area contributed by atoms with Crippen LogP contribution in [0.25, 0.3) is 0 Å². The Balaban J connectivity index is 1.84. The van der Waals surface area contributed by atoms with Crippen molar-refractivity contribution in [2.75, 3.05) is 5.32 Å². The number of benzene rings is 2. The molecule has 4 rings (SSSR count). The Morgan fingerprint density at radius 2 is 1.84 bits per heavy atom. The lowest BCUT2D eigenvalue weighted by Crippen LogP contribution is -2.50. The molecule has 1 atom stereocenters. The second-order valence-corrected chi connectivity index (χ2v) is 8.56. The van der Waals surface area contributed by atoms with Crippen molar-refractivity contribution in [1.82, 2.24) is 20.5 Å². The van der Waals surface area contributed by atoms with E-state index in [2.05, 4.69) is 30.6 Å². The van der Waals surface area contributed by atoms with Crippen LogP contribution in [0.2, 0.25) is 5.02 Å². The lowest BCUT2D eigenvalue weighted by atomic mass is 9.80. The monoisotopic (exact) mass is 549 g/mol. The minimum absolute atomic E-state index is 0.0629. The average Bonchev–Trinajstić information content (AvgIpc) is 3.28. The molecule has 0 radical (unpaired) electrons. The predicted octanol–water partition coefficient (Wildman–Crippen LogP) is 5.97. The van der Waals surface area contributed by atoms with Crippen LogP contribution in [0.4, 0.5) is 28.4 Å². The van der Waals surface area contributed by atoms with Gasteiger partial charge in [0.05, 0.1) is 10.7 Å². The quantitative estimate of drug-likeness (QED) is 0.249. The van der Waals surface area contributed by atoms with E-state index in [9.17, 15) is 22.4 Å². The largest absolute Gasteiger partial charge is 0.461 e. The summed E-state index contributed by atoms with van der Waals surface area (Å²) < 4.78 is 62.6. The average molecular weight is 550 g/mol. The summed E-state index contributed by atoms with van der Waals surface area (Å²) in [6.45, 7) is 1.54. The number of rotatable bonds is 9. The summed E-state index contributed by atoms with van der Waals surface area (Å²) in [5, 5.41) is 12.9. The summed E-state index contributed by atoms with van der Waals surface area (Å²) in [4.78, 5) is 17.6. The van der Waals surface area contributed by atoms with E-state index in [1.807, 2.05) is 0 Å². The number of pyridine rings is 1. The van der Waals surface area contributed by atoms with Gasteiger partial charge in [0, 0.05) is 19.5 Å². The van der Waals surface area contributed by atoms with Crippen LogP contribution in [0.1, 0.15) is 22.7 Å². The first kappa shape index (κ1) is 26.9. The van der Waals surface area contributed by atoms with Gasteiger partial charge in [-0.15, -0.1) is 5.10 Å². The number of amides is 2. The fourth-order valence-corrected chi connectivity index (χ4v) is 3.86. The van der Waals surface area contributed by atoms with Crippen LogP contribution in [0, 0.1) is 6.92 Å². The van der Waals surface area contributed by atoms with E-state index in [-0.39, 0.29) is 29.6 Å². The number of ether oxygens (including phenoxy) is 1. The summed E-state index contributed by atoms with van der Waals surface area (Å²) in [5.41, 5.74) is -0.344. The number of aryl methyl sites for hydroxylation is 1. The van der Waals surface area contributed by atoms with Crippen molar-refractivity contribution >= 4 is 23.6 Å². The molecule has 0 aliphatic heterocycles. The number of urea groups is 1. The number of aromatic nitrogens is 3. The number of nitrogens with one attached hydrogen (secondary N) is 2. The fraction of sp³-hybridized carbons (Fsp3) is 0.200. The minimum Gasteiger partial charge on any atom is -0.428 e. The first-order valence-corrected chi connectivity index (χ1v) is 11.5. The maximum atomic E-state index is 13.7. The minimum atomic E-state index is -4.74. The molecule has 2 aromatic heterocycles. The lowest BCUT2D eigenvalue weighted by molar-refractivity contribution is -0.253. The van der Waals surface area contributed by atoms with Crippen LogP contribution in [0.5, 0.6) is 5.75 Å². The van der Waals surface area contributed by atoms with Gasteiger partial charge in [-0.3, -0.25) is 10.3 Å². The second-order valence-electron chi connectivity index (χ2n) is 8.13. The van der Waals surface area contributed by atoms with Crippen LogP contribution < -0.4 is 15.4 Å². The number of carbonyl (C=O) groups excluding carboxylic acids is 1. The van der Waals surface area contributed by atoms with E-state index < -0.39 is 29.9 Å². The summed E-state index contributed by atoms with van der Waals surface area (Å²) in [5.74, 6) is -0.339. The molecule has 2 heterocycles. The zero-order valence-electron chi connectivity index (χ0n) is 19.7. The molecule has 0 aliphatic rings. The molecule has 2 amide bonds. The SMILES string of the molecule is Cc1nnc(NC(=O)NC(Cc2ccccc2)(c2cccc(OC(F)(F)C(F)F)c2)c2ccc(Cl)cn2)o1. The highest BCUT2D eigenvalue weighted by atomic mass is 35.5. The normalized spacial score (nSPS) is 13.1. The van der Waals surface area contributed by atoms with Crippen LogP contribution in [-0.4, -0.2) is 33.7 Å². The highest BCUT2D eigenvalue weighted by molar-refractivity contribution is 6.30. The van der Waals surface area contributed by atoms with Crippen molar-refractivity contribution in [2.24, 2.45) is 0 Å². The molecule has 4 aromatic rings. The van der Waals surface area contributed by atoms with E-state index >= 15 is 0 Å². The third-order valence-corrected chi connectivity index (χ3v) is 5.61. The lowest BCUT2D eigenvalue weighted by Gasteiger charge is -2.35. The summed E-state index contributed by atoms with van der Waals surface area (Å²) in [7, 11) is 0. The Kier molecular flexibility index (Phi) is 7.81. The van der Waals surface area contributed by atoms with Gasteiger partial charge in [0.2, 0.25) is 5.89 Å². The fourth-order valence-electron chi connectivity index (χ4n) is 3.75. The van der Waals surface area contributed by atoms with Gasteiger partial charge in [-0.05, 0) is 35.4 Å². The Morgan fingerprint density at radius 3 is 2.47 bits per heavy atom. The number of hydrogen-bond acceptors (Lipinski definition) is 6. The maximum absolute atomic E-state index is 13.7. The zero-order chi connectivity index (χ0) is 27.3. The molecule has 0 spiro atoms. The van der Waals surface area contributed by atoms with E-state index in [4.69, 9.17) is 16.0 Å². The van der Waals surface area contributed by atoms with Gasteiger partial charge in [0.25, 0.3) is 0 Å². The maximum Gasteiger partial charge on any atom is 0.461 e. The summed E-state index contributed by atoms with van der Waals surface area (Å²) in [6, 6.07) is 16.1. The molecule has 0 saturated heterocycles. The Labute approximate surface area is 219 Å². The molecule has 2 aromatic carbocycles. The number of alkyl halides is 4. The van der Waals surface area contributed by atoms with Crippen LogP contribution in [-0.2, 0) is 12.0 Å². The number of carbonyl (C=O) groups is 1.